The van der Waals surface area contributed by atoms with Crippen LogP contribution in [0.1, 0.15) is 12.5 Å². The highest BCUT2D eigenvalue weighted by atomic mass is 16.5. The molecule has 3 rings (SSSR count). The average molecular weight is 320 g/mol. The van der Waals surface area contributed by atoms with Crippen LogP contribution in [0.25, 0.3) is 10.9 Å². The molecule has 24 heavy (non-hydrogen) atoms. The minimum atomic E-state index is -0.361. The van der Waals surface area contributed by atoms with Crippen molar-refractivity contribution in [1.82, 2.24) is 4.98 Å². The lowest BCUT2D eigenvalue weighted by molar-refractivity contribution is -0.133. The number of carbonyl (C=O) groups excluding carboxylic acids is 2. The number of benzene rings is 2. The number of pyridine rings is 1. The standard InChI is InChI=1S/C19H16N2O3/c1-13(22)21-16-7-9-17(10-8-16)24-18(23)12-15-5-2-4-14-6-3-11-20-19(14)15/h2-11H,12H2,1H3,(H,21,22). The van der Waals surface area contributed by atoms with Gasteiger partial charge in [-0.2, -0.15) is 0 Å². The number of nitrogens with one attached hydrogen (secondary N) is 1. The Balaban J connectivity index is 1.70. The Kier molecular flexibility index (Phi) is 4.52. The lowest BCUT2D eigenvalue weighted by atomic mass is 10.1. The molecule has 1 heterocycles. The fourth-order valence-electron chi connectivity index (χ4n) is 2.44. The van der Waals surface area contributed by atoms with Crippen LogP contribution in [0.15, 0.2) is 60.8 Å². The number of ether oxygens (including phenoxy) is 1. The lowest BCUT2D eigenvalue weighted by Crippen LogP contribution is -2.12. The topological polar surface area (TPSA) is 68.3 Å². The average Bonchev–Trinajstić information content (AvgIpc) is 2.56. The highest BCUT2D eigenvalue weighted by molar-refractivity contribution is 5.89. The first-order chi connectivity index (χ1) is 11.6. The Morgan fingerprint density at radius 3 is 2.54 bits per heavy atom. The molecule has 1 aromatic heterocycles. The molecule has 5 heteroatoms. The van der Waals surface area contributed by atoms with E-state index in [-0.39, 0.29) is 18.3 Å². The molecular formula is C19H16N2O3. The molecule has 0 bridgehead atoms. The molecule has 0 fully saturated rings. The fourth-order valence-corrected chi connectivity index (χ4v) is 2.44. The molecule has 1 N–H and O–H groups in total. The highest BCUT2D eigenvalue weighted by Crippen LogP contribution is 2.19. The molecule has 0 aliphatic carbocycles. The van der Waals surface area contributed by atoms with Crippen molar-refractivity contribution in [2.24, 2.45) is 0 Å². The summed E-state index contributed by atoms with van der Waals surface area (Å²) >= 11 is 0. The third kappa shape index (κ3) is 3.76. The second-order valence-corrected chi connectivity index (χ2v) is 5.35. The molecule has 0 radical (unpaired) electrons. The molecule has 0 atom stereocenters. The molecule has 0 spiro atoms. The van der Waals surface area contributed by atoms with E-state index < -0.39 is 0 Å². The molecule has 0 saturated heterocycles. The van der Waals surface area contributed by atoms with Gasteiger partial charge in [-0.25, -0.2) is 0 Å². The summed E-state index contributed by atoms with van der Waals surface area (Å²) in [5, 5.41) is 3.65. The Morgan fingerprint density at radius 1 is 1.04 bits per heavy atom. The summed E-state index contributed by atoms with van der Waals surface area (Å²) in [5.41, 5.74) is 2.28. The monoisotopic (exact) mass is 320 g/mol. The van der Waals surface area contributed by atoms with E-state index >= 15 is 0 Å². The van der Waals surface area contributed by atoms with E-state index in [1.165, 1.54) is 6.92 Å². The van der Waals surface area contributed by atoms with Gasteiger partial charge >= 0.3 is 5.97 Å². The molecule has 0 unspecified atom stereocenters. The number of fused-ring (bicyclic) bond motifs is 1. The van der Waals surface area contributed by atoms with Crippen LogP contribution in [-0.2, 0) is 16.0 Å². The largest absolute Gasteiger partial charge is 0.426 e. The maximum Gasteiger partial charge on any atom is 0.315 e. The number of nitrogens with zero attached hydrogens (tertiary/aromatic N) is 1. The van der Waals surface area contributed by atoms with Crippen molar-refractivity contribution in [2.75, 3.05) is 5.32 Å². The van der Waals surface area contributed by atoms with Crippen molar-refractivity contribution in [3.63, 3.8) is 0 Å². The van der Waals surface area contributed by atoms with E-state index in [4.69, 9.17) is 4.74 Å². The Bertz CT molecular complexity index is 883. The number of amides is 1. The summed E-state index contributed by atoms with van der Waals surface area (Å²) in [7, 11) is 0. The summed E-state index contributed by atoms with van der Waals surface area (Å²) in [6.45, 7) is 1.44. The molecule has 2 aromatic carbocycles. The van der Waals surface area contributed by atoms with Crippen LogP contribution >= 0.6 is 0 Å². The van der Waals surface area contributed by atoms with E-state index in [1.54, 1.807) is 30.5 Å². The summed E-state index contributed by atoms with van der Waals surface area (Å²) in [6, 6.07) is 16.2. The van der Waals surface area contributed by atoms with Gasteiger partial charge in [0.05, 0.1) is 11.9 Å². The van der Waals surface area contributed by atoms with Crippen molar-refractivity contribution in [2.45, 2.75) is 13.3 Å². The number of hydrogen-bond donors (Lipinski definition) is 1. The Morgan fingerprint density at radius 2 is 1.79 bits per heavy atom. The molecule has 1 amide bonds. The van der Waals surface area contributed by atoms with Crippen molar-refractivity contribution < 1.29 is 14.3 Å². The molecule has 0 aliphatic rings. The first-order valence-electron chi connectivity index (χ1n) is 7.53. The van der Waals surface area contributed by atoms with E-state index in [9.17, 15) is 9.59 Å². The fraction of sp³-hybridized carbons (Fsp3) is 0.105. The van der Waals surface area contributed by atoms with Crippen molar-refractivity contribution in [1.29, 1.82) is 0 Å². The summed E-state index contributed by atoms with van der Waals surface area (Å²) in [5.74, 6) is -0.0778. The number of hydrogen-bond acceptors (Lipinski definition) is 4. The molecule has 5 nitrogen and oxygen atoms in total. The normalized spacial score (nSPS) is 10.4. The molecule has 0 aliphatic heterocycles. The SMILES string of the molecule is CC(=O)Nc1ccc(OC(=O)Cc2cccc3cccnc23)cc1. The molecule has 0 saturated carbocycles. The van der Waals surface area contributed by atoms with Gasteiger partial charge in [0.1, 0.15) is 5.75 Å². The zero-order chi connectivity index (χ0) is 16.9. The van der Waals surface area contributed by atoms with Crippen LogP contribution in [0, 0.1) is 0 Å². The van der Waals surface area contributed by atoms with E-state index in [2.05, 4.69) is 10.3 Å². The van der Waals surface area contributed by atoms with Gasteiger partial charge in [-0.15, -0.1) is 0 Å². The first kappa shape index (κ1) is 15.7. The van der Waals surface area contributed by atoms with Gasteiger partial charge in [-0.3, -0.25) is 14.6 Å². The van der Waals surface area contributed by atoms with Gasteiger partial charge < -0.3 is 10.1 Å². The third-order valence-corrected chi connectivity index (χ3v) is 3.46. The number of rotatable bonds is 4. The predicted molar refractivity (Wildman–Crippen MR) is 91.8 cm³/mol. The lowest BCUT2D eigenvalue weighted by Gasteiger charge is -2.07. The van der Waals surface area contributed by atoms with Gasteiger partial charge in [0.2, 0.25) is 5.91 Å². The molecule has 3 aromatic rings. The molecular weight excluding hydrogens is 304 g/mol. The number of para-hydroxylation sites is 1. The summed E-state index contributed by atoms with van der Waals surface area (Å²) in [6.07, 6.45) is 1.85. The van der Waals surface area contributed by atoms with Gasteiger partial charge in [0, 0.05) is 24.2 Å². The van der Waals surface area contributed by atoms with Crippen molar-refractivity contribution in [3.8, 4) is 5.75 Å². The molecule has 120 valence electrons. The summed E-state index contributed by atoms with van der Waals surface area (Å²) < 4.78 is 5.35. The van der Waals surface area contributed by atoms with Crippen LogP contribution in [0.5, 0.6) is 5.75 Å². The van der Waals surface area contributed by atoms with Crippen molar-refractivity contribution in [3.05, 3.63) is 66.4 Å². The zero-order valence-electron chi connectivity index (χ0n) is 13.2. The highest BCUT2D eigenvalue weighted by Gasteiger charge is 2.10. The number of carbonyl (C=O) groups is 2. The number of aromatic nitrogens is 1. The minimum absolute atomic E-state index is 0.141. The van der Waals surface area contributed by atoms with Crippen LogP contribution in [0.3, 0.4) is 0 Å². The Labute approximate surface area is 139 Å². The maximum atomic E-state index is 12.2. The van der Waals surface area contributed by atoms with Crippen LogP contribution in [-0.4, -0.2) is 16.9 Å². The van der Waals surface area contributed by atoms with Crippen LogP contribution in [0.4, 0.5) is 5.69 Å². The van der Waals surface area contributed by atoms with E-state index in [1.807, 2.05) is 30.3 Å². The second-order valence-electron chi connectivity index (χ2n) is 5.35. The van der Waals surface area contributed by atoms with E-state index in [0.29, 0.717) is 11.4 Å². The van der Waals surface area contributed by atoms with Gasteiger partial charge in [0.25, 0.3) is 0 Å². The Hall–Kier alpha value is -3.21. The predicted octanol–water partition coefficient (Wildman–Crippen LogP) is 3.34. The second kappa shape index (κ2) is 6.91. The van der Waals surface area contributed by atoms with E-state index in [0.717, 1.165) is 16.5 Å². The summed E-state index contributed by atoms with van der Waals surface area (Å²) in [4.78, 5) is 27.5. The van der Waals surface area contributed by atoms with Gasteiger partial charge in [-0.1, -0.05) is 24.3 Å². The number of anilines is 1. The first-order valence-corrected chi connectivity index (χ1v) is 7.53. The van der Waals surface area contributed by atoms with Gasteiger partial charge in [-0.05, 0) is 35.9 Å². The van der Waals surface area contributed by atoms with Crippen LogP contribution in [0.2, 0.25) is 0 Å². The number of esters is 1. The van der Waals surface area contributed by atoms with Gasteiger partial charge in [0.15, 0.2) is 0 Å². The zero-order valence-corrected chi connectivity index (χ0v) is 13.2. The van der Waals surface area contributed by atoms with Crippen LogP contribution < -0.4 is 10.1 Å². The smallest absolute Gasteiger partial charge is 0.315 e. The maximum absolute atomic E-state index is 12.2. The minimum Gasteiger partial charge on any atom is -0.426 e. The van der Waals surface area contributed by atoms with Crippen molar-refractivity contribution >= 4 is 28.5 Å². The quantitative estimate of drug-likeness (QED) is 0.591. The third-order valence-electron chi connectivity index (χ3n) is 3.46.